The Balaban J connectivity index is 1.76. The lowest BCUT2D eigenvalue weighted by Crippen LogP contribution is -2.10. The number of anilines is 1. The molecule has 3 nitrogen and oxygen atoms in total. The van der Waals surface area contributed by atoms with E-state index in [9.17, 15) is 4.79 Å². The highest BCUT2D eigenvalue weighted by Gasteiger charge is 2.25. The molecule has 16 heavy (non-hydrogen) atoms. The van der Waals surface area contributed by atoms with E-state index in [1.807, 2.05) is 6.20 Å². The van der Waals surface area contributed by atoms with Crippen LogP contribution in [0, 0.1) is 0 Å². The Bertz CT molecular complexity index is 358. The molecule has 0 atom stereocenters. The van der Waals surface area contributed by atoms with E-state index in [0.717, 1.165) is 30.3 Å². The van der Waals surface area contributed by atoms with Crippen LogP contribution in [-0.2, 0) is 4.79 Å². The molecule has 1 aromatic heterocycles. The van der Waals surface area contributed by atoms with E-state index < -0.39 is 0 Å². The molecule has 88 valence electrons. The molecule has 1 aromatic rings. The van der Waals surface area contributed by atoms with Crippen LogP contribution in [0.5, 0.6) is 0 Å². The van der Waals surface area contributed by atoms with Gasteiger partial charge >= 0.3 is 0 Å². The number of thiazole rings is 1. The van der Waals surface area contributed by atoms with E-state index in [0.29, 0.717) is 6.42 Å². The van der Waals surface area contributed by atoms with E-state index in [1.165, 1.54) is 17.7 Å². The monoisotopic (exact) mass is 238 g/mol. The number of aromatic nitrogens is 1. The normalized spacial score (nSPS) is 15.1. The highest BCUT2D eigenvalue weighted by molar-refractivity contribution is 7.15. The summed E-state index contributed by atoms with van der Waals surface area (Å²) in [6, 6.07) is 0. The Morgan fingerprint density at radius 1 is 1.56 bits per heavy atom. The van der Waals surface area contributed by atoms with E-state index >= 15 is 0 Å². The van der Waals surface area contributed by atoms with Crippen LogP contribution in [0.25, 0.3) is 0 Å². The van der Waals surface area contributed by atoms with Crippen molar-refractivity contribution in [2.75, 3.05) is 5.32 Å². The molecular weight excluding hydrogens is 220 g/mol. The van der Waals surface area contributed by atoms with Crippen LogP contribution in [0.3, 0.4) is 0 Å². The topological polar surface area (TPSA) is 42.0 Å². The number of carbonyl (C=O) groups is 1. The van der Waals surface area contributed by atoms with Gasteiger partial charge in [0.15, 0.2) is 5.13 Å². The maximum Gasteiger partial charge on any atom is 0.226 e. The highest BCUT2D eigenvalue weighted by atomic mass is 32.1. The minimum absolute atomic E-state index is 0.102. The molecule has 0 aliphatic heterocycles. The van der Waals surface area contributed by atoms with Gasteiger partial charge in [-0.05, 0) is 25.2 Å². The van der Waals surface area contributed by atoms with E-state index in [-0.39, 0.29) is 5.91 Å². The third-order valence-electron chi connectivity index (χ3n) is 2.76. The van der Waals surface area contributed by atoms with Gasteiger partial charge in [0.05, 0.1) is 0 Å². The summed E-state index contributed by atoms with van der Waals surface area (Å²) >= 11 is 1.63. The third kappa shape index (κ3) is 3.30. The molecule has 4 heteroatoms. The average Bonchev–Trinajstić information content (AvgIpc) is 3.01. The van der Waals surface area contributed by atoms with Gasteiger partial charge in [0.1, 0.15) is 0 Å². The van der Waals surface area contributed by atoms with Gasteiger partial charge in [-0.1, -0.05) is 19.8 Å². The lowest BCUT2D eigenvalue weighted by Gasteiger charge is -2.00. The number of hydrogen-bond acceptors (Lipinski definition) is 3. The zero-order valence-corrected chi connectivity index (χ0v) is 10.5. The molecule has 0 aromatic carbocycles. The SMILES string of the molecule is CCCCCC(=O)Nc1ncc(C2CC2)s1. The molecule has 0 bridgehead atoms. The first kappa shape index (κ1) is 11.6. The third-order valence-corrected chi connectivity index (χ3v) is 3.83. The summed E-state index contributed by atoms with van der Waals surface area (Å²) < 4.78 is 0. The van der Waals surface area contributed by atoms with E-state index in [4.69, 9.17) is 0 Å². The van der Waals surface area contributed by atoms with Crippen molar-refractivity contribution >= 4 is 22.4 Å². The highest BCUT2D eigenvalue weighted by Crippen LogP contribution is 2.43. The number of amides is 1. The second-order valence-corrected chi connectivity index (χ2v) is 5.41. The maximum atomic E-state index is 11.5. The lowest BCUT2D eigenvalue weighted by molar-refractivity contribution is -0.116. The summed E-state index contributed by atoms with van der Waals surface area (Å²) in [4.78, 5) is 17.1. The van der Waals surface area contributed by atoms with Gasteiger partial charge < -0.3 is 5.32 Å². The van der Waals surface area contributed by atoms with Crippen LogP contribution >= 0.6 is 11.3 Å². The smallest absolute Gasteiger partial charge is 0.226 e. The molecular formula is C12H18N2OS. The first-order valence-electron chi connectivity index (χ1n) is 6.05. The number of hydrogen-bond donors (Lipinski definition) is 1. The van der Waals surface area contributed by atoms with Gasteiger partial charge in [0.25, 0.3) is 0 Å². The van der Waals surface area contributed by atoms with Crippen molar-refractivity contribution in [1.82, 2.24) is 4.98 Å². The van der Waals surface area contributed by atoms with Gasteiger partial charge in [-0.25, -0.2) is 4.98 Å². The Morgan fingerprint density at radius 2 is 2.38 bits per heavy atom. The second-order valence-electron chi connectivity index (χ2n) is 4.35. The fourth-order valence-electron chi connectivity index (χ4n) is 1.62. The molecule has 0 radical (unpaired) electrons. The van der Waals surface area contributed by atoms with Crippen molar-refractivity contribution < 1.29 is 4.79 Å². The van der Waals surface area contributed by atoms with Crippen LogP contribution in [0.2, 0.25) is 0 Å². The second kappa shape index (κ2) is 5.43. The fraction of sp³-hybridized carbons (Fsp3) is 0.667. The predicted molar refractivity (Wildman–Crippen MR) is 66.9 cm³/mol. The summed E-state index contributed by atoms with van der Waals surface area (Å²) in [6.07, 6.45) is 8.34. The number of nitrogens with zero attached hydrogens (tertiary/aromatic N) is 1. The van der Waals surface area contributed by atoms with Crippen molar-refractivity contribution in [3.8, 4) is 0 Å². The quantitative estimate of drug-likeness (QED) is 0.770. The summed E-state index contributed by atoms with van der Waals surface area (Å²) in [6.45, 7) is 2.14. The van der Waals surface area contributed by atoms with Crippen LogP contribution < -0.4 is 5.32 Å². The van der Waals surface area contributed by atoms with Gasteiger partial charge in [-0.3, -0.25) is 4.79 Å². The maximum absolute atomic E-state index is 11.5. The molecule has 0 saturated heterocycles. The van der Waals surface area contributed by atoms with Crippen molar-refractivity contribution in [2.45, 2.75) is 51.4 Å². The number of nitrogens with one attached hydrogen (secondary N) is 1. The van der Waals surface area contributed by atoms with Gasteiger partial charge in [-0.15, -0.1) is 11.3 Å². The van der Waals surface area contributed by atoms with Crippen molar-refractivity contribution in [3.63, 3.8) is 0 Å². The molecule has 0 spiro atoms. The molecule has 1 amide bonds. The van der Waals surface area contributed by atoms with Crippen molar-refractivity contribution in [2.24, 2.45) is 0 Å². The molecule has 1 saturated carbocycles. The molecule has 1 aliphatic carbocycles. The van der Waals surface area contributed by atoms with Gasteiger partial charge in [0.2, 0.25) is 5.91 Å². The largest absolute Gasteiger partial charge is 0.302 e. The predicted octanol–water partition coefficient (Wildman–Crippen LogP) is 3.54. The van der Waals surface area contributed by atoms with Crippen LogP contribution in [0.1, 0.15) is 56.2 Å². The lowest BCUT2D eigenvalue weighted by atomic mass is 10.2. The molecule has 1 N–H and O–H groups in total. The molecule has 2 rings (SSSR count). The Kier molecular flexibility index (Phi) is 3.93. The summed E-state index contributed by atoms with van der Waals surface area (Å²) in [5.74, 6) is 0.827. The first-order chi connectivity index (χ1) is 7.79. The molecule has 1 heterocycles. The number of carbonyl (C=O) groups excluding carboxylic acids is 1. The van der Waals surface area contributed by atoms with Crippen LogP contribution in [0.4, 0.5) is 5.13 Å². The van der Waals surface area contributed by atoms with Crippen molar-refractivity contribution in [3.05, 3.63) is 11.1 Å². The zero-order valence-electron chi connectivity index (χ0n) is 9.66. The Labute approximate surface area is 100 Å². The Morgan fingerprint density at radius 3 is 3.06 bits per heavy atom. The van der Waals surface area contributed by atoms with Crippen molar-refractivity contribution in [1.29, 1.82) is 0 Å². The minimum Gasteiger partial charge on any atom is -0.302 e. The fourth-order valence-corrected chi connectivity index (χ4v) is 2.62. The standard InChI is InChI=1S/C12H18N2OS/c1-2-3-4-5-11(15)14-12-13-8-10(16-12)9-6-7-9/h8-9H,2-7H2,1H3,(H,13,14,15). The Hall–Kier alpha value is -0.900. The number of unbranched alkanes of at least 4 members (excludes halogenated alkanes) is 2. The van der Waals surface area contributed by atoms with Gasteiger partial charge in [-0.2, -0.15) is 0 Å². The van der Waals surface area contributed by atoms with E-state index in [1.54, 1.807) is 11.3 Å². The zero-order chi connectivity index (χ0) is 11.4. The summed E-state index contributed by atoms with van der Waals surface area (Å²) in [5.41, 5.74) is 0. The van der Waals surface area contributed by atoms with Crippen LogP contribution in [0.15, 0.2) is 6.20 Å². The average molecular weight is 238 g/mol. The van der Waals surface area contributed by atoms with E-state index in [2.05, 4.69) is 17.2 Å². The summed E-state index contributed by atoms with van der Waals surface area (Å²) in [7, 11) is 0. The number of rotatable bonds is 6. The first-order valence-corrected chi connectivity index (χ1v) is 6.87. The molecule has 0 unspecified atom stereocenters. The molecule has 1 fully saturated rings. The van der Waals surface area contributed by atoms with Crippen LogP contribution in [-0.4, -0.2) is 10.9 Å². The minimum atomic E-state index is 0.102. The van der Waals surface area contributed by atoms with Gasteiger partial charge in [0, 0.05) is 17.5 Å². The summed E-state index contributed by atoms with van der Waals surface area (Å²) in [5, 5.41) is 3.64. The molecule has 1 aliphatic rings.